The summed E-state index contributed by atoms with van der Waals surface area (Å²) < 4.78 is 7.20. The van der Waals surface area contributed by atoms with Crippen molar-refractivity contribution < 1.29 is 4.43 Å². The summed E-state index contributed by atoms with van der Waals surface area (Å²) in [6.45, 7) is 26.6. The van der Waals surface area contributed by atoms with E-state index in [1.54, 1.807) is 10.4 Å². The zero-order chi connectivity index (χ0) is 22.1. The zero-order valence-corrected chi connectivity index (χ0v) is 24.4. The van der Waals surface area contributed by atoms with Crippen LogP contribution in [0.2, 0.25) is 62.8 Å². The Morgan fingerprint density at radius 3 is 1.24 bits per heavy atom. The predicted octanol–water partition coefficient (Wildman–Crippen LogP) is 6.16. The fourth-order valence-corrected chi connectivity index (χ4v) is 55.0. The summed E-state index contributed by atoms with van der Waals surface area (Å²) in [5.74, 6) is 0. The van der Waals surface area contributed by atoms with Gasteiger partial charge in [-0.1, -0.05) is 117 Å². The Labute approximate surface area is 184 Å². The maximum absolute atomic E-state index is 6.88. The molecular weight excluding hydrogens is 417 g/mol. The molecule has 2 rings (SSSR count). The summed E-state index contributed by atoms with van der Waals surface area (Å²) in [7, 11) is -7.61. The first-order chi connectivity index (χ1) is 13.3. The monoisotopic (exact) mass is 458 g/mol. The summed E-state index contributed by atoms with van der Waals surface area (Å²) in [5, 5.41) is 3.16. The highest BCUT2D eigenvalue weighted by Crippen LogP contribution is 2.59. The van der Waals surface area contributed by atoms with Crippen LogP contribution in [0.15, 0.2) is 60.7 Å². The standard InChI is InChI=1S/C24H42OSi4/c1-11-25-28(8,9)24(26(2,3)4,27(5,6)7)29(10,22-18-14-12-15-19-22)23-20-16-13-17-21-23/h12-21H,11H2,1-10H3. The molecule has 0 aromatic heterocycles. The second-order valence-corrected chi connectivity index (χ2v) is 32.8. The van der Waals surface area contributed by atoms with Crippen molar-refractivity contribution in [1.29, 1.82) is 0 Å². The number of hydrogen-bond donors (Lipinski definition) is 0. The third-order valence-electron chi connectivity index (χ3n) is 7.11. The molecule has 0 saturated heterocycles. The SMILES string of the molecule is CCO[Si](C)(C)C([Si](C)(C)C)([Si](C)(C)C)[Si](C)(c1ccccc1)c1ccccc1. The molecule has 1 nitrogen and oxygen atoms in total. The quantitative estimate of drug-likeness (QED) is 0.431. The van der Waals surface area contributed by atoms with Crippen LogP contribution >= 0.6 is 0 Å². The van der Waals surface area contributed by atoms with Crippen molar-refractivity contribution in [3.05, 3.63) is 60.7 Å². The number of rotatable bonds is 8. The summed E-state index contributed by atoms with van der Waals surface area (Å²) in [6.07, 6.45) is 0. The van der Waals surface area contributed by atoms with E-state index in [0.29, 0.717) is 3.91 Å². The molecule has 0 atom stereocenters. The Morgan fingerprint density at radius 1 is 0.621 bits per heavy atom. The van der Waals surface area contributed by atoms with Crippen LogP contribution < -0.4 is 10.4 Å². The number of benzene rings is 2. The predicted molar refractivity (Wildman–Crippen MR) is 142 cm³/mol. The van der Waals surface area contributed by atoms with E-state index in [1.807, 2.05) is 0 Å². The van der Waals surface area contributed by atoms with Gasteiger partial charge in [-0.2, -0.15) is 0 Å². The third-order valence-corrected chi connectivity index (χ3v) is 42.3. The van der Waals surface area contributed by atoms with Crippen molar-refractivity contribution in [2.45, 2.75) is 69.8 Å². The topological polar surface area (TPSA) is 9.23 Å². The van der Waals surface area contributed by atoms with Crippen LogP contribution in [0.1, 0.15) is 6.92 Å². The fourth-order valence-electron chi connectivity index (χ4n) is 7.64. The van der Waals surface area contributed by atoms with Crippen LogP contribution in [0.3, 0.4) is 0 Å². The zero-order valence-electron chi connectivity index (χ0n) is 20.4. The van der Waals surface area contributed by atoms with Gasteiger partial charge in [0.25, 0.3) is 0 Å². The Balaban J connectivity index is 3.12. The highest BCUT2D eigenvalue weighted by molar-refractivity contribution is 7.34. The van der Waals surface area contributed by atoms with Crippen LogP contribution in [-0.4, -0.2) is 39.1 Å². The van der Waals surface area contributed by atoms with Crippen molar-refractivity contribution in [2.24, 2.45) is 0 Å². The van der Waals surface area contributed by atoms with Gasteiger partial charge in [0.2, 0.25) is 0 Å². The highest BCUT2D eigenvalue weighted by atomic mass is 28.5. The Morgan fingerprint density at radius 2 is 0.966 bits per heavy atom. The second kappa shape index (κ2) is 8.42. The first-order valence-electron chi connectivity index (χ1n) is 11.0. The van der Waals surface area contributed by atoms with Gasteiger partial charge in [0.05, 0.1) is 0 Å². The first kappa shape index (κ1) is 24.5. The van der Waals surface area contributed by atoms with Gasteiger partial charge in [-0.05, 0) is 23.9 Å². The van der Waals surface area contributed by atoms with Crippen molar-refractivity contribution in [2.75, 3.05) is 6.61 Å². The van der Waals surface area contributed by atoms with Crippen LogP contribution in [0.25, 0.3) is 0 Å². The van der Waals surface area contributed by atoms with Gasteiger partial charge < -0.3 is 4.43 Å². The lowest BCUT2D eigenvalue weighted by Crippen LogP contribution is -2.84. The fraction of sp³-hybridized carbons (Fsp3) is 0.500. The van der Waals surface area contributed by atoms with Crippen LogP contribution in [0.5, 0.6) is 0 Å². The van der Waals surface area contributed by atoms with E-state index in [4.69, 9.17) is 4.43 Å². The van der Waals surface area contributed by atoms with Gasteiger partial charge in [-0.25, -0.2) is 0 Å². The minimum absolute atomic E-state index is 0.318. The maximum Gasteiger partial charge on any atom is 0.185 e. The van der Waals surface area contributed by atoms with Crippen molar-refractivity contribution in [3.63, 3.8) is 0 Å². The van der Waals surface area contributed by atoms with Crippen molar-refractivity contribution in [1.82, 2.24) is 0 Å². The molecular formula is C24H42OSi4. The summed E-state index contributed by atoms with van der Waals surface area (Å²) in [4.78, 5) is 0. The van der Waals surface area contributed by atoms with Gasteiger partial charge in [-0.3, -0.25) is 0 Å². The van der Waals surface area contributed by atoms with E-state index in [-0.39, 0.29) is 0 Å². The molecule has 0 saturated carbocycles. The molecule has 2 aromatic carbocycles. The average molecular weight is 459 g/mol. The van der Waals surface area contributed by atoms with Gasteiger partial charge in [-0.15, -0.1) is 0 Å². The van der Waals surface area contributed by atoms with E-state index in [2.05, 4.69) is 127 Å². The first-order valence-corrected chi connectivity index (χ1v) is 23.4. The van der Waals surface area contributed by atoms with E-state index in [0.717, 1.165) is 6.61 Å². The second-order valence-electron chi connectivity index (χ2n) is 11.1. The number of hydrogen-bond acceptors (Lipinski definition) is 1. The molecule has 0 aliphatic carbocycles. The van der Waals surface area contributed by atoms with Gasteiger partial charge >= 0.3 is 0 Å². The average Bonchev–Trinajstić information content (AvgIpc) is 2.60. The molecule has 160 valence electrons. The highest BCUT2D eigenvalue weighted by Gasteiger charge is 2.72. The van der Waals surface area contributed by atoms with E-state index in [1.165, 1.54) is 0 Å². The lowest BCUT2D eigenvalue weighted by Gasteiger charge is -2.66. The minimum Gasteiger partial charge on any atom is -0.418 e. The van der Waals surface area contributed by atoms with E-state index < -0.39 is 32.5 Å². The molecule has 0 spiro atoms. The largest absolute Gasteiger partial charge is 0.418 e. The summed E-state index contributed by atoms with van der Waals surface area (Å²) in [6, 6.07) is 23.0. The van der Waals surface area contributed by atoms with Gasteiger partial charge in [0.15, 0.2) is 8.32 Å². The van der Waals surface area contributed by atoms with Gasteiger partial charge in [0.1, 0.15) is 8.07 Å². The Hall–Kier alpha value is -0.732. The van der Waals surface area contributed by atoms with Crippen LogP contribution in [0.4, 0.5) is 0 Å². The van der Waals surface area contributed by atoms with E-state index >= 15 is 0 Å². The molecule has 0 fully saturated rings. The molecule has 0 aliphatic rings. The Bertz CT molecular complexity index is 736. The van der Waals surface area contributed by atoms with Gasteiger partial charge in [0, 0.05) is 22.8 Å². The lowest BCUT2D eigenvalue weighted by atomic mass is 10.4. The normalized spacial score (nSPS) is 14.1. The van der Waals surface area contributed by atoms with Crippen molar-refractivity contribution in [3.8, 4) is 0 Å². The molecule has 0 amide bonds. The molecule has 0 unspecified atom stereocenters. The minimum atomic E-state index is -2.16. The van der Waals surface area contributed by atoms with E-state index in [9.17, 15) is 0 Å². The molecule has 0 N–H and O–H groups in total. The van der Waals surface area contributed by atoms with Crippen molar-refractivity contribution >= 4 is 42.9 Å². The summed E-state index contributed by atoms with van der Waals surface area (Å²) >= 11 is 0. The summed E-state index contributed by atoms with van der Waals surface area (Å²) in [5.41, 5.74) is 0. The molecule has 2 aromatic rings. The molecule has 0 aliphatic heterocycles. The molecule has 0 heterocycles. The molecule has 0 bridgehead atoms. The maximum atomic E-state index is 6.88. The molecule has 5 heteroatoms. The lowest BCUT2D eigenvalue weighted by molar-refractivity contribution is 0.327. The Kier molecular flexibility index (Phi) is 7.12. The van der Waals surface area contributed by atoms with Crippen LogP contribution in [0, 0.1) is 0 Å². The molecule has 29 heavy (non-hydrogen) atoms. The smallest absolute Gasteiger partial charge is 0.185 e. The third kappa shape index (κ3) is 3.85. The van der Waals surface area contributed by atoms with Crippen LogP contribution in [-0.2, 0) is 4.43 Å². The molecule has 0 radical (unpaired) electrons.